The second kappa shape index (κ2) is 5.19. The van der Waals surface area contributed by atoms with E-state index in [4.69, 9.17) is 5.26 Å². The van der Waals surface area contributed by atoms with Gasteiger partial charge in [-0.15, -0.1) is 0 Å². The molecule has 18 heavy (non-hydrogen) atoms. The number of anilines is 1. The fourth-order valence-corrected chi connectivity index (χ4v) is 2.07. The molecule has 0 saturated carbocycles. The number of fused-ring (bicyclic) bond motifs is 1. The third-order valence-corrected chi connectivity index (χ3v) is 3.20. The Morgan fingerprint density at radius 1 is 1.56 bits per heavy atom. The van der Waals surface area contributed by atoms with Crippen molar-refractivity contribution >= 4 is 11.6 Å². The van der Waals surface area contributed by atoms with Crippen LogP contribution in [0.15, 0.2) is 18.2 Å². The Morgan fingerprint density at radius 2 is 2.33 bits per heavy atom. The van der Waals surface area contributed by atoms with Crippen molar-refractivity contribution in [3.8, 4) is 6.07 Å². The molecule has 4 heteroatoms. The Morgan fingerprint density at radius 3 is 3.00 bits per heavy atom. The largest absolute Gasteiger partial charge is 0.324 e. The van der Waals surface area contributed by atoms with Gasteiger partial charge in [-0.25, -0.2) is 0 Å². The van der Waals surface area contributed by atoms with Gasteiger partial charge in [0.2, 0.25) is 5.91 Å². The van der Waals surface area contributed by atoms with Crippen LogP contribution in [0.3, 0.4) is 0 Å². The molecule has 1 aromatic carbocycles. The van der Waals surface area contributed by atoms with E-state index in [1.165, 1.54) is 5.56 Å². The fourth-order valence-electron chi connectivity index (χ4n) is 2.07. The molecule has 4 nitrogen and oxygen atoms in total. The van der Waals surface area contributed by atoms with Gasteiger partial charge in [-0.1, -0.05) is 19.1 Å². The molecule has 0 fully saturated rings. The molecule has 0 saturated heterocycles. The summed E-state index contributed by atoms with van der Waals surface area (Å²) in [6, 6.07) is 7.86. The number of hydrogen-bond acceptors (Lipinski definition) is 3. The highest BCUT2D eigenvalue weighted by Crippen LogP contribution is 2.31. The van der Waals surface area contributed by atoms with E-state index in [2.05, 4.69) is 29.7 Å². The van der Waals surface area contributed by atoms with E-state index in [1.54, 1.807) is 0 Å². The second-order valence-electron chi connectivity index (χ2n) is 4.64. The summed E-state index contributed by atoms with van der Waals surface area (Å²) in [6.07, 6.45) is 0.947. The zero-order valence-electron chi connectivity index (χ0n) is 10.7. The van der Waals surface area contributed by atoms with Crippen molar-refractivity contribution in [3.05, 3.63) is 29.3 Å². The molecule has 0 bridgehead atoms. The third-order valence-electron chi connectivity index (χ3n) is 3.20. The maximum Gasteiger partial charge on any atom is 0.246 e. The third kappa shape index (κ3) is 2.36. The Balaban J connectivity index is 2.18. The molecule has 1 heterocycles. The van der Waals surface area contributed by atoms with Crippen LogP contribution in [-0.2, 0) is 11.2 Å². The fraction of sp³-hybridized carbons (Fsp3) is 0.429. The van der Waals surface area contributed by atoms with Crippen LogP contribution in [0.4, 0.5) is 5.69 Å². The molecule has 2 atom stereocenters. The van der Waals surface area contributed by atoms with Gasteiger partial charge in [-0.05, 0) is 25.0 Å². The lowest BCUT2D eigenvalue weighted by Crippen LogP contribution is -2.30. The van der Waals surface area contributed by atoms with Gasteiger partial charge in [0.15, 0.2) is 0 Å². The number of benzene rings is 1. The first-order chi connectivity index (χ1) is 8.65. The molecule has 1 aliphatic heterocycles. The van der Waals surface area contributed by atoms with Crippen LogP contribution in [0.2, 0.25) is 0 Å². The lowest BCUT2D eigenvalue weighted by Gasteiger charge is -2.12. The highest BCUT2D eigenvalue weighted by Gasteiger charge is 2.30. The topological polar surface area (TPSA) is 64.9 Å². The first-order valence-corrected chi connectivity index (χ1v) is 6.22. The van der Waals surface area contributed by atoms with Crippen LogP contribution < -0.4 is 10.6 Å². The summed E-state index contributed by atoms with van der Waals surface area (Å²) in [4.78, 5) is 11.9. The van der Waals surface area contributed by atoms with Crippen molar-refractivity contribution in [1.29, 1.82) is 5.26 Å². The number of aryl methyl sites for hydroxylation is 1. The smallest absolute Gasteiger partial charge is 0.246 e. The molecule has 2 N–H and O–H groups in total. The summed E-state index contributed by atoms with van der Waals surface area (Å²) in [5, 5.41) is 14.8. The first-order valence-electron chi connectivity index (χ1n) is 6.22. The molecule has 94 valence electrons. The zero-order chi connectivity index (χ0) is 13.1. The number of nitrogens with one attached hydrogen (secondary N) is 2. The van der Waals surface area contributed by atoms with Crippen LogP contribution in [0.5, 0.6) is 0 Å². The van der Waals surface area contributed by atoms with E-state index in [1.807, 2.05) is 19.1 Å². The molecule has 0 radical (unpaired) electrons. The number of carbonyl (C=O) groups is 1. The van der Waals surface area contributed by atoms with E-state index in [-0.39, 0.29) is 17.9 Å². The van der Waals surface area contributed by atoms with Crippen molar-refractivity contribution in [2.75, 3.05) is 11.9 Å². The molecule has 0 spiro atoms. The van der Waals surface area contributed by atoms with E-state index in [0.29, 0.717) is 6.54 Å². The Hall–Kier alpha value is -1.86. The lowest BCUT2D eigenvalue weighted by molar-refractivity contribution is -0.117. The molecule has 1 amide bonds. The summed E-state index contributed by atoms with van der Waals surface area (Å²) < 4.78 is 0. The van der Waals surface area contributed by atoms with Crippen molar-refractivity contribution in [1.82, 2.24) is 5.32 Å². The predicted octanol–water partition coefficient (Wildman–Crippen LogP) is 1.99. The number of nitriles is 1. The molecule has 2 rings (SSSR count). The lowest BCUT2D eigenvalue weighted by atomic mass is 10.0. The Kier molecular flexibility index (Phi) is 3.63. The van der Waals surface area contributed by atoms with Gasteiger partial charge in [0, 0.05) is 17.8 Å². The number of hydrogen-bond donors (Lipinski definition) is 2. The minimum absolute atomic E-state index is 0.0385. The Labute approximate surface area is 107 Å². The summed E-state index contributed by atoms with van der Waals surface area (Å²) in [5.41, 5.74) is 3.08. The molecule has 2 unspecified atom stereocenters. The van der Waals surface area contributed by atoms with Crippen molar-refractivity contribution in [3.63, 3.8) is 0 Å². The van der Waals surface area contributed by atoms with E-state index >= 15 is 0 Å². The van der Waals surface area contributed by atoms with Gasteiger partial charge < -0.3 is 10.6 Å². The standard InChI is InChI=1S/C14H17N3O/c1-3-10-4-5-12-11(6-10)13(14(18)17-12)16-8-9(2)7-15/h4-6,9,13,16H,3,8H2,1-2H3,(H,17,18). The monoisotopic (exact) mass is 243 g/mol. The van der Waals surface area contributed by atoms with Gasteiger partial charge in [0.25, 0.3) is 0 Å². The van der Waals surface area contributed by atoms with Crippen LogP contribution in [0, 0.1) is 17.2 Å². The SMILES string of the molecule is CCc1ccc2c(c1)C(NCC(C)C#N)C(=O)N2. The molecule has 1 aliphatic rings. The van der Waals surface area contributed by atoms with Gasteiger partial charge in [-0.3, -0.25) is 4.79 Å². The maximum atomic E-state index is 11.9. The van der Waals surface area contributed by atoms with Gasteiger partial charge in [0.05, 0.1) is 12.0 Å². The van der Waals surface area contributed by atoms with Crippen LogP contribution in [0.1, 0.15) is 31.0 Å². The highest BCUT2D eigenvalue weighted by atomic mass is 16.2. The maximum absolute atomic E-state index is 11.9. The van der Waals surface area contributed by atoms with Crippen LogP contribution in [0.25, 0.3) is 0 Å². The van der Waals surface area contributed by atoms with Crippen molar-refractivity contribution in [2.45, 2.75) is 26.3 Å². The average Bonchev–Trinajstić information content (AvgIpc) is 2.70. The molecular weight excluding hydrogens is 226 g/mol. The van der Waals surface area contributed by atoms with E-state index in [9.17, 15) is 4.79 Å². The van der Waals surface area contributed by atoms with E-state index < -0.39 is 0 Å². The minimum atomic E-state index is -0.331. The van der Waals surface area contributed by atoms with Crippen LogP contribution >= 0.6 is 0 Å². The second-order valence-corrected chi connectivity index (χ2v) is 4.64. The van der Waals surface area contributed by atoms with Gasteiger partial charge in [0.1, 0.15) is 6.04 Å². The zero-order valence-corrected chi connectivity index (χ0v) is 10.7. The molecule has 0 aromatic heterocycles. The van der Waals surface area contributed by atoms with Crippen molar-refractivity contribution in [2.24, 2.45) is 5.92 Å². The number of amides is 1. The minimum Gasteiger partial charge on any atom is -0.324 e. The average molecular weight is 243 g/mol. The first kappa shape index (κ1) is 12.6. The molecule has 1 aromatic rings. The number of nitrogens with zero attached hydrogens (tertiary/aromatic N) is 1. The summed E-state index contributed by atoms with van der Waals surface area (Å²) in [6.45, 7) is 4.44. The quantitative estimate of drug-likeness (QED) is 0.850. The number of carbonyl (C=O) groups excluding carboxylic acids is 1. The number of rotatable bonds is 4. The van der Waals surface area contributed by atoms with E-state index in [0.717, 1.165) is 17.7 Å². The molecular formula is C14H17N3O. The summed E-state index contributed by atoms with van der Waals surface area (Å²) in [5.74, 6) is -0.139. The van der Waals surface area contributed by atoms with Gasteiger partial charge >= 0.3 is 0 Å². The Bertz CT molecular complexity index is 504. The summed E-state index contributed by atoms with van der Waals surface area (Å²) >= 11 is 0. The summed E-state index contributed by atoms with van der Waals surface area (Å²) in [7, 11) is 0. The molecule has 0 aliphatic carbocycles. The normalized spacial score (nSPS) is 18.9. The van der Waals surface area contributed by atoms with Gasteiger partial charge in [-0.2, -0.15) is 5.26 Å². The van der Waals surface area contributed by atoms with Crippen LogP contribution in [-0.4, -0.2) is 12.5 Å². The highest BCUT2D eigenvalue weighted by molar-refractivity contribution is 6.02. The predicted molar refractivity (Wildman–Crippen MR) is 70.0 cm³/mol. The van der Waals surface area contributed by atoms with Crippen molar-refractivity contribution < 1.29 is 4.79 Å².